The van der Waals surface area contributed by atoms with Crippen molar-refractivity contribution in [2.24, 2.45) is 0 Å². The molecule has 28 heavy (non-hydrogen) atoms. The molecule has 0 atom stereocenters. The first-order valence-corrected chi connectivity index (χ1v) is 17.8. The summed E-state index contributed by atoms with van der Waals surface area (Å²) in [6.45, 7) is 0.200. The summed E-state index contributed by atoms with van der Waals surface area (Å²) in [5, 5.41) is 0. The molecule has 0 saturated heterocycles. The average molecular weight is 472 g/mol. The van der Waals surface area contributed by atoms with Crippen molar-refractivity contribution < 1.29 is 0 Å². The van der Waals surface area contributed by atoms with E-state index in [9.17, 15) is 0 Å². The minimum absolute atomic E-state index is 0.839. The Kier molecular flexibility index (Phi) is 23.6. The second-order valence-electron chi connectivity index (χ2n) is 8.93. The Balaban J connectivity index is 3.01. The van der Waals surface area contributed by atoms with Crippen LogP contribution in [0, 0.1) is 0 Å². The van der Waals surface area contributed by atoms with E-state index >= 15 is 0 Å². The Labute approximate surface area is 193 Å². The summed E-state index contributed by atoms with van der Waals surface area (Å²) in [6.07, 6.45) is 29.5. The molecule has 0 nitrogen and oxygen atoms in total. The van der Waals surface area contributed by atoms with Crippen LogP contribution >= 0.6 is 33.8 Å². The molecule has 0 aliphatic rings. The molecule has 0 spiro atoms. The third-order valence-electron chi connectivity index (χ3n) is 5.75. The van der Waals surface area contributed by atoms with E-state index in [1.54, 1.807) is 0 Å². The minimum atomic E-state index is -1.83. The van der Waals surface area contributed by atoms with Gasteiger partial charge in [-0.2, -0.15) is 0 Å². The van der Waals surface area contributed by atoms with Gasteiger partial charge in [-0.3, -0.25) is 0 Å². The molecule has 0 bridgehead atoms. The molecule has 0 unspecified atom stereocenters. The van der Waals surface area contributed by atoms with Gasteiger partial charge in [0.2, 0.25) is 6.69 Å². The molecule has 0 radical (unpaired) electrons. The molecule has 170 valence electrons. The first-order valence-electron chi connectivity index (χ1n) is 12.5. The standard InChI is InChI=1S/C24H49Cl3Si/c1-28(26,27)24-22-20-18-16-14-12-10-8-6-4-2-3-5-7-9-11-13-15-17-19-21-23-25/h2-24H2,1H3. The normalized spacial score (nSPS) is 12.0. The molecule has 0 aliphatic carbocycles. The van der Waals surface area contributed by atoms with Gasteiger partial charge in [-0.15, -0.1) is 33.8 Å². The number of unbranched alkanes of at least 4 members (excludes halogenated alkanes) is 20. The Morgan fingerprint density at radius 2 is 0.607 bits per heavy atom. The van der Waals surface area contributed by atoms with Gasteiger partial charge in [0.1, 0.15) is 0 Å². The van der Waals surface area contributed by atoms with Gasteiger partial charge >= 0.3 is 0 Å². The van der Waals surface area contributed by atoms with Crippen molar-refractivity contribution in [2.75, 3.05) is 5.88 Å². The fourth-order valence-corrected chi connectivity index (χ4v) is 5.75. The summed E-state index contributed by atoms with van der Waals surface area (Å²) in [4.78, 5) is 0. The average Bonchev–Trinajstić information content (AvgIpc) is 2.65. The number of hydrogen-bond acceptors (Lipinski definition) is 0. The van der Waals surface area contributed by atoms with Crippen LogP contribution in [0.3, 0.4) is 0 Å². The van der Waals surface area contributed by atoms with Gasteiger partial charge in [-0.1, -0.05) is 128 Å². The lowest BCUT2D eigenvalue weighted by Gasteiger charge is -2.09. The predicted octanol–water partition coefficient (Wildman–Crippen LogP) is 11.0. The second-order valence-corrected chi connectivity index (χ2v) is 17.5. The maximum absolute atomic E-state index is 6.13. The van der Waals surface area contributed by atoms with Crippen LogP contribution in [0.5, 0.6) is 0 Å². The monoisotopic (exact) mass is 470 g/mol. The smallest absolute Gasteiger partial charge is 0.146 e. The van der Waals surface area contributed by atoms with Crippen molar-refractivity contribution in [1.82, 2.24) is 0 Å². The highest BCUT2D eigenvalue weighted by molar-refractivity contribution is 7.44. The van der Waals surface area contributed by atoms with Crippen LogP contribution in [0.4, 0.5) is 0 Å². The molecule has 0 aromatic carbocycles. The fraction of sp³-hybridized carbons (Fsp3) is 1.00. The van der Waals surface area contributed by atoms with E-state index in [1.807, 2.05) is 6.55 Å². The molecular formula is C24H49Cl3Si. The van der Waals surface area contributed by atoms with Crippen molar-refractivity contribution in [1.29, 1.82) is 0 Å². The van der Waals surface area contributed by atoms with E-state index in [2.05, 4.69) is 0 Å². The number of rotatable bonds is 23. The number of alkyl halides is 1. The topological polar surface area (TPSA) is 0 Å². The van der Waals surface area contributed by atoms with Gasteiger partial charge in [-0.05, 0) is 19.0 Å². The fourth-order valence-electron chi connectivity index (χ4n) is 3.89. The number of hydrogen-bond donors (Lipinski definition) is 0. The van der Waals surface area contributed by atoms with Crippen molar-refractivity contribution >= 4 is 40.5 Å². The summed E-state index contributed by atoms with van der Waals surface area (Å²) < 4.78 is 0. The third-order valence-corrected chi connectivity index (χ3v) is 8.38. The second kappa shape index (κ2) is 22.8. The predicted molar refractivity (Wildman–Crippen MR) is 136 cm³/mol. The van der Waals surface area contributed by atoms with E-state index < -0.39 is 6.69 Å². The van der Waals surface area contributed by atoms with Crippen LogP contribution in [-0.4, -0.2) is 12.6 Å². The lowest BCUT2D eigenvalue weighted by Crippen LogP contribution is -2.11. The number of halogens is 3. The first-order chi connectivity index (χ1) is 13.6. The van der Waals surface area contributed by atoms with Crippen LogP contribution in [-0.2, 0) is 0 Å². The highest BCUT2D eigenvalue weighted by Crippen LogP contribution is 2.23. The van der Waals surface area contributed by atoms with Crippen LogP contribution in [0.2, 0.25) is 12.6 Å². The lowest BCUT2D eigenvalue weighted by atomic mass is 10.0. The Morgan fingerprint density at radius 1 is 0.393 bits per heavy atom. The summed E-state index contributed by atoms with van der Waals surface area (Å²) in [6, 6.07) is 1.06. The molecule has 0 aliphatic heterocycles. The maximum atomic E-state index is 6.13. The van der Waals surface area contributed by atoms with Gasteiger partial charge < -0.3 is 0 Å². The summed E-state index contributed by atoms with van der Waals surface area (Å²) >= 11 is 18.0. The Hall–Kier alpha value is 1.09. The van der Waals surface area contributed by atoms with Crippen LogP contribution in [0.1, 0.15) is 135 Å². The molecule has 0 amide bonds. The van der Waals surface area contributed by atoms with Gasteiger partial charge in [0, 0.05) is 5.88 Å². The molecule has 0 rings (SSSR count). The Bertz CT molecular complexity index is 292. The van der Waals surface area contributed by atoms with E-state index in [-0.39, 0.29) is 0 Å². The summed E-state index contributed by atoms with van der Waals surface area (Å²) in [5.74, 6) is 0.839. The van der Waals surface area contributed by atoms with E-state index in [0.717, 1.165) is 11.9 Å². The van der Waals surface area contributed by atoms with Crippen LogP contribution < -0.4 is 0 Å². The minimum Gasteiger partial charge on any atom is -0.146 e. The van der Waals surface area contributed by atoms with Crippen molar-refractivity contribution in [3.8, 4) is 0 Å². The highest BCUT2D eigenvalue weighted by Gasteiger charge is 2.19. The SMILES string of the molecule is C[Si](Cl)(Cl)CCCCCCCCCCCCCCCCCCCCCCCCl. The Morgan fingerprint density at radius 3 is 0.821 bits per heavy atom. The molecule has 0 fully saturated rings. The zero-order chi connectivity index (χ0) is 20.8. The van der Waals surface area contributed by atoms with Crippen molar-refractivity contribution in [3.63, 3.8) is 0 Å². The van der Waals surface area contributed by atoms with E-state index in [0.29, 0.717) is 0 Å². The zero-order valence-electron chi connectivity index (χ0n) is 18.9. The zero-order valence-corrected chi connectivity index (χ0v) is 22.2. The quantitative estimate of drug-likeness (QED) is 0.0601. The van der Waals surface area contributed by atoms with E-state index in [1.165, 1.54) is 135 Å². The molecule has 0 saturated carbocycles. The molecule has 4 heteroatoms. The molecule has 0 aromatic heterocycles. The van der Waals surface area contributed by atoms with Crippen molar-refractivity contribution in [3.05, 3.63) is 0 Å². The van der Waals surface area contributed by atoms with Gasteiger partial charge in [0.15, 0.2) is 0 Å². The first kappa shape index (κ1) is 29.1. The highest BCUT2D eigenvalue weighted by atomic mass is 35.7. The van der Waals surface area contributed by atoms with Gasteiger partial charge in [0.05, 0.1) is 0 Å². The van der Waals surface area contributed by atoms with E-state index in [4.69, 9.17) is 33.8 Å². The lowest BCUT2D eigenvalue weighted by molar-refractivity contribution is 0.521. The molecule has 0 N–H and O–H groups in total. The van der Waals surface area contributed by atoms with Gasteiger partial charge in [-0.25, -0.2) is 0 Å². The maximum Gasteiger partial charge on any atom is 0.248 e. The molecule has 0 heterocycles. The molecule has 0 aromatic rings. The molecular weight excluding hydrogens is 423 g/mol. The van der Waals surface area contributed by atoms with Crippen LogP contribution in [0.25, 0.3) is 0 Å². The summed E-state index contributed by atoms with van der Waals surface area (Å²) in [7, 11) is 0. The third kappa shape index (κ3) is 27.1. The van der Waals surface area contributed by atoms with Gasteiger partial charge in [0.25, 0.3) is 0 Å². The summed E-state index contributed by atoms with van der Waals surface area (Å²) in [5.41, 5.74) is 0. The largest absolute Gasteiger partial charge is 0.248 e. The van der Waals surface area contributed by atoms with Crippen LogP contribution in [0.15, 0.2) is 0 Å². The van der Waals surface area contributed by atoms with Crippen molar-refractivity contribution in [2.45, 2.75) is 147 Å².